The van der Waals surface area contributed by atoms with E-state index in [1.54, 1.807) is 19.1 Å². The summed E-state index contributed by atoms with van der Waals surface area (Å²) < 4.78 is 22.3. The van der Waals surface area contributed by atoms with Crippen molar-refractivity contribution >= 4 is 29.1 Å². The number of carbonyl (C=O) groups is 1. The molecule has 0 atom stereocenters. The smallest absolute Gasteiger partial charge is 0.268 e. The molecule has 1 amide bonds. The molecule has 0 N–H and O–H groups in total. The minimum atomic E-state index is -0.514. The quantitative estimate of drug-likeness (QED) is 0.226. The molecule has 1 aliphatic carbocycles. The van der Waals surface area contributed by atoms with E-state index in [1.165, 1.54) is 12.5 Å². The molecule has 2 aromatic heterocycles. The Balaban J connectivity index is 1.59. The number of aromatic nitrogens is 4. The number of hydrogen-bond acceptors (Lipinski definition) is 5. The summed E-state index contributed by atoms with van der Waals surface area (Å²) in [7, 11) is 0. The molecule has 1 saturated carbocycles. The minimum absolute atomic E-state index is 0.00581. The molecule has 2 fully saturated rings. The summed E-state index contributed by atoms with van der Waals surface area (Å²) in [5, 5.41) is 8.88. The fraction of sp³-hybridized carbons (Fsp3) is 0.419. The van der Waals surface area contributed by atoms with E-state index >= 15 is 0 Å². The number of rotatable bonds is 6. The summed E-state index contributed by atoms with van der Waals surface area (Å²) in [5.74, 6) is 1.25. The van der Waals surface area contributed by atoms with Crippen molar-refractivity contribution in [1.29, 1.82) is 0 Å². The van der Waals surface area contributed by atoms with E-state index in [4.69, 9.17) is 32.6 Å². The van der Waals surface area contributed by atoms with Crippen molar-refractivity contribution in [3.05, 3.63) is 69.5 Å². The Morgan fingerprint density at radius 3 is 2.46 bits per heavy atom. The molecule has 214 valence electrons. The van der Waals surface area contributed by atoms with E-state index in [2.05, 4.69) is 14.8 Å². The van der Waals surface area contributed by atoms with E-state index < -0.39 is 5.82 Å². The van der Waals surface area contributed by atoms with Gasteiger partial charge in [0, 0.05) is 36.5 Å². The van der Waals surface area contributed by atoms with Crippen molar-refractivity contribution in [1.82, 2.24) is 24.6 Å². The van der Waals surface area contributed by atoms with Crippen molar-refractivity contribution in [3.63, 3.8) is 0 Å². The third-order valence-corrected chi connectivity index (χ3v) is 8.66. The van der Waals surface area contributed by atoms with Gasteiger partial charge in [-0.05, 0) is 68.0 Å². The third-order valence-electron chi connectivity index (χ3n) is 8.13. The molecule has 0 radical (unpaired) electrons. The van der Waals surface area contributed by atoms with E-state index in [9.17, 15) is 9.18 Å². The highest BCUT2D eigenvalue weighted by Gasteiger charge is 2.31. The number of amides is 1. The van der Waals surface area contributed by atoms with Gasteiger partial charge >= 0.3 is 0 Å². The predicted molar refractivity (Wildman–Crippen MR) is 157 cm³/mol. The van der Waals surface area contributed by atoms with Crippen molar-refractivity contribution in [3.8, 4) is 28.5 Å². The summed E-state index contributed by atoms with van der Waals surface area (Å²) >= 11 is 12.9. The number of likely N-dealkylation sites (tertiary alicyclic amines) is 1. The van der Waals surface area contributed by atoms with Crippen molar-refractivity contribution in [2.75, 3.05) is 13.1 Å². The molecule has 0 spiro atoms. The highest BCUT2D eigenvalue weighted by atomic mass is 35.5. The van der Waals surface area contributed by atoms with Crippen LogP contribution in [0.4, 0.5) is 4.39 Å². The standard InChI is InChI=1S/C31H32Cl2FN5O2/c1-19-36-37-31(41-19)28-29(22-11-13-25(34)24(33)16-22)39(30(35-28)20-8-4-2-5-9-20)26-18-23(32)12-10-21(26)17-27(40)38-14-6-3-7-15-38/h10-13,16,18,20H,2-9,14-15,17H2,1H3. The third kappa shape index (κ3) is 5.77. The maximum atomic E-state index is 14.3. The first kappa shape index (κ1) is 27.9. The molecule has 0 bridgehead atoms. The van der Waals surface area contributed by atoms with Crippen LogP contribution in [0.5, 0.6) is 0 Å². The minimum Gasteiger partial charge on any atom is -0.420 e. The summed E-state index contributed by atoms with van der Waals surface area (Å²) in [5.41, 5.74) is 3.37. The summed E-state index contributed by atoms with van der Waals surface area (Å²) in [6.45, 7) is 3.28. The van der Waals surface area contributed by atoms with Crippen LogP contribution in [0.3, 0.4) is 0 Å². The van der Waals surface area contributed by atoms with Crippen LogP contribution in [0.15, 0.2) is 40.8 Å². The molecular weight excluding hydrogens is 564 g/mol. The number of piperidine rings is 1. The predicted octanol–water partition coefficient (Wildman–Crippen LogP) is 7.95. The summed E-state index contributed by atoms with van der Waals surface area (Å²) in [6, 6.07) is 10.2. The van der Waals surface area contributed by atoms with Crippen molar-refractivity contribution < 1.29 is 13.6 Å². The van der Waals surface area contributed by atoms with Gasteiger partial charge in [0.2, 0.25) is 11.8 Å². The second kappa shape index (κ2) is 11.9. The van der Waals surface area contributed by atoms with Gasteiger partial charge in [-0.2, -0.15) is 0 Å². The maximum Gasteiger partial charge on any atom is 0.268 e. The monoisotopic (exact) mass is 595 g/mol. The Kier molecular flexibility index (Phi) is 8.13. The molecule has 2 aromatic carbocycles. The van der Waals surface area contributed by atoms with E-state index in [-0.39, 0.29) is 29.2 Å². The van der Waals surface area contributed by atoms with Gasteiger partial charge in [0.25, 0.3) is 5.89 Å². The van der Waals surface area contributed by atoms with Crippen LogP contribution in [0.25, 0.3) is 28.5 Å². The number of halogens is 3. The van der Waals surface area contributed by atoms with Crippen LogP contribution in [-0.2, 0) is 11.2 Å². The zero-order valence-electron chi connectivity index (χ0n) is 23.0. The lowest BCUT2D eigenvalue weighted by atomic mass is 9.88. The zero-order valence-corrected chi connectivity index (χ0v) is 24.5. The topological polar surface area (TPSA) is 77.1 Å². The molecule has 2 aliphatic rings. The molecule has 1 saturated heterocycles. The second-order valence-electron chi connectivity index (χ2n) is 11.0. The normalized spacial score (nSPS) is 16.3. The van der Waals surface area contributed by atoms with Gasteiger partial charge in [-0.3, -0.25) is 9.36 Å². The van der Waals surface area contributed by atoms with Gasteiger partial charge in [-0.15, -0.1) is 10.2 Å². The first-order valence-electron chi connectivity index (χ1n) is 14.3. The Labute approximate surface area is 248 Å². The highest BCUT2D eigenvalue weighted by Crippen LogP contribution is 2.42. The second-order valence-corrected chi connectivity index (χ2v) is 11.8. The van der Waals surface area contributed by atoms with E-state index in [0.29, 0.717) is 27.9 Å². The molecule has 7 nitrogen and oxygen atoms in total. The Morgan fingerprint density at radius 2 is 1.76 bits per heavy atom. The van der Waals surface area contributed by atoms with Crippen LogP contribution in [0.2, 0.25) is 10.0 Å². The Morgan fingerprint density at radius 1 is 1.00 bits per heavy atom. The van der Waals surface area contributed by atoms with Crippen molar-refractivity contribution in [2.24, 2.45) is 0 Å². The molecule has 6 rings (SSSR count). The van der Waals surface area contributed by atoms with Gasteiger partial charge < -0.3 is 9.32 Å². The first-order chi connectivity index (χ1) is 19.9. The van der Waals surface area contributed by atoms with Gasteiger partial charge in [0.15, 0.2) is 5.69 Å². The van der Waals surface area contributed by atoms with Crippen LogP contribution in [0, 0.1) is 12.7 Å². The van der Waals surface area contributed by atoms with Gasteiger partial charge in [-0.25, -0.2) is 9.37 Å². The van der Waals surface area contributed by atoms with Crippen molar-refractivity contribution in [2.45, 2.75) is 70.6 Å². The molecule has 3 heterocycles. The number of imidazole rings is 1. The zero-order chi connectivity index (χ0) is 28.5. The average Bonchev–Trinajstić information content (AvgIpc) is 3.60. The van der Waals surface area contributed by atoms with Crippen LogP contribution in [0.1, 0.15) is 74.6 Å². The molecule has 10 heteroatoms. The SMILES string of the molecule is Cc1nnc(-c2nc(C3CCCCC3)n(-c3cc(Cl)ccc3CC(=O)N3CCCCC3)c2-c2ccc(F)c(Cl)c2)o1. The largest absolute Gasteiger partial charge is 0.420 e. The molecule has 1 aliphatic heterocycles. The molecule has 4 aromatic rings. The Bertz CT molecular complexity index is 1570. The lowest BCUT2D eigenvalue weighted by Gasteiger charge is -2.28. The average molecular weight is 597 g/mol. The molecule has 41 heavy (non-hydrogen) atoms. The number of nitrogens with zero attached hydrogens (tertiary/aromatic N) is 5. The highest BCUT2D eigenvalue weighted by molar-refractivity contribution is 6.31. The fourth-order valence-corrected chi connectivity index (χ4v) is 6.43. The number of hydrogen-bond donors (Lipinski definition) is 0. The Hall–Kier alpha value is -3.23. The number of benzene rings is 2. The maximum absolute atomic E-state index is 14.3. The lowest BCUT2D eigenvalue weighted by molar-refractivity contribution is -0.131. The molecule has 0 unspecified atom stereocenters. The van der Waals surface area contributed by atoms with E-state index in [0.717, 1.165) is 75.1 Å². The first-order valence-corrected chi connectivity index (χ1v) is 15.1. The van der Waals surface area contributed by atoms with Gasteiger partial charge in [0.1, 0.15) is 11.6 Å². The number of aryl methyl sites for hydroxylation is 1. The molecular formula is C31H32Cl2FN5O2. The van der Waals surface area contributed by atoms with E-state index in [1.807, 2.05) is 23.1 Å². The van der Waals surface area contributed by atoms with Gasteiger partial charge in [0.05, 0.1) is 22.8 Å². The summed E-state index contributed by atoms with van der Waals surface area (Å²) in [4.78, 5) is 20.6. The van der Waals surface area contributed by atoms with Crippen LogP contribution >= 0.6 is 23.2 Å². The van der Waals surface area contributed by atoms with Crippen LogP contribution in [-0.4, -0.2) is 43.6 Å². The fourth-order valence-electron chi connectivity index (χ4n) is 6.08. The summed E-state index contributed by atoms with van der Waals surface area (Å²) in [6.07, 6.45) is 8.76. The number of carbonyl (C=O) groups excluding carboxylic acids is 1. The lowest BCUT2D eigenvalue weighted by Crippen LogP contribution is -2.36. The van der Waals surface area contributed by atoms with Gasteiger partial charge in [-0.1, -0.05) is 48.5 Å². The van der Waals surface area contributed by atoms with Crippen LogP contribution < -0.4 is 0 Å².